The van der Waals surface area contributed by atoms with E-state index in [4.69, 9.17) is 5.73 Å². The van der Waals surface area contributed by atoms with Gasteiger partial charge in [-0.3, -0.25) is 0 Å². The highest BCUT2D eigenvalue weighted by atomic mass is 15.4. The number of rotatable bonds is 5. The fourth-order valence-corrected chi connectivity index (χ4v) is 1.27. The summed E-state index contributed by atoms with van der Waals surface area (Å²) in [5.41, 5.74) is 7.63. The quantitative estimate of drug-likeness (QED) is 0.701. The molecule has 0 fully saturated rings. The van der Waals surface area contributed by atoms with E-state index in [-0.39, 0.29) is 0 Å². The highest BCUT2D eigenvalue weighted by Gasteiger charge is 2.06. The minimum absolute atomic E-state index is 0.632. The second-order valence-corrected chi connectivity index (χ2v) is 3.69. The molecule has 0 aromatic carbocycles. The second kappa shape index (κ2) is 5.07. The van der Waals surface area contributed by atoms with E-state index in [1.54, 1.807) is 0 Å². The molecular weight excluding hydrogens is 178 g/mol. The van der Waals surface area contributed by atoms with Gasteiger partial charge in [-0.1, -0.05) is 5.21 Å². The van der Waals surface area contributed by atoms with Gasteiger partial charge >= 0.3 is 0 Å². The maximum atomic E-state index is 5.48. The highest BCUT2D eigenvalue weighted by molar-refractivity contribution is 5.07. The molecule has 0 unspecified atom stereocenters. The van der Waals surface area contributed by atoms with E-state index in [1.807, 2.05) is 25.7 Å². The molecule has 0 aliphatic carbocycles. The van der Waals surface area contributed by atoms with Gasteiger partial charge in [0.15, 0.2) is 0 Å². The van der Waals surface area contributed by atoms with Gasteiger partial charge in [0, 0.05) is 13.0 Å². The molecule has 0 amide bonds. The van der Waals surface area contributed by atoms with E-state index in [0.29, 0.717) is 6.54 Å². The van der Waals surface area contributed by atoms with Crippen LogP contribution in [0.25, 0.3) is 0 Å². The van der Waals surface area contributed by atoms with Crippen molar-refractivity contribution in [3.05, 3.63) is 11.4 Å². The normalized spacial score (nSPS) is 11.2. The summed E-state index contributed by atoms with van der Waals surface area (Å²) in [5, 5.41) is 8.19. The fraction of sp³-hybridized carbons (Fsp3) is 0.778. The van der Waals surface area contributed by atoms with Crippen LogP contribution in [0.1, 0.15) is 11.4 Å². The lowest BCUT2D eigenvalue weighted by Gasteiger charge is -2.09. The number of nitrogens with zero attached hydrogens (tertiary/aromatic N) is 4. The Bertz CT molecular complexity index is 279. The number of hydrogen-bond donors (Lipinski definition) is 1. The molecule has 1 aromatic rings. The summed E-state index contributed by atoms with van der Waals surface area (Å²) in [6.45, 7) is 4.54. The van der Waals surface area contributed by atoms with Crippen molar-refractivity contribution < 1.29 is 0 Å². The van der Waals surface area contributed by atoms with Crippen molar-refractivity contribution in [1.29, 1.82) is 0 Å². The largest absolute Gasteiger partial charge is 0.330 e. The summed E-state index contributed by atoms with van der Waals surface area (Å²) in [6.07, 6.45) is 0.813. The molecule has 14 heavy (non-hydrogen) atoms. The van der Waals surface area contributed by atoms with Crippen LogP contribution in [-0.2, 0) is 13.0 Å². The van der Waals surface area contributed by atoms with Crippen molar-refractivity contribution in [3.8, 4) is 0 Å². The zero-order valence-electron chi connectivity index (χ0n) is 9.19. The van der Waals surface area contributed by atoms with Crippen LogP contribution >= 0.6 is 0 Å². The lowest BCUT2D eigenvalue weighted by molar-refractivity contribution is 0.368. The van der Waals surface area contributed by atoms with Crippen molar-refractivity contribution >= 4 is 0 Å². The highest BCUT2D eigenvalue weighted by Crippen LogP contribution is 2.03. The second-order valence-electron chi connectivity index (χ2n) is 3.69. The van der Waals surface area contributed by atoms with Crippen LogP contribution in [-0.4, -0.2) is 47.1 Å². The maximum absolute atomic E-state index is 5.48. The Labute approximate surface area is 84.9 Å². The van der Waals surface area contributed by atoms with Crippen LogP contribution in [0, 0.1) is 6.92 Å². The third kappa shape index (κ3) is 2.78. The van der Waals surface area contributed by atoms with E-state index in [1.165, 1.54) is 0 Å². The monoisotopic (exact) mass is 197 g/mol. The first-order valence-electron chi connectivity index (χ1n) is 4.89. The molecule has 0 saturated carbocycles. The molecule has 0 saturated heterocycles. The molecule has 0 atom stereocenters. The number of aromatic nitrogens is 3. The Morgan fingerprint density at radius 2 is 2.14 bits per heavy atom. The third-order valence-corrected chi connectivity index (χ3v) is 2.22. The molecule has 1 heterocycles. The number of hydrogen-bond acceptors (Lipinski definition) is 4. The van der Waals surface area contributed by atoms with Crippen molar-refractivity contribution in [2.45, 2.75) is 19.9 Å². The average Bonchev–Trinajstić information content (AvgIpc) is 2.46. The first-order chi connectivity index (χ1) is 6.65. The standard InChI is InChI=1S/C9H19N5/c1-8-9(4-5-10)11-12-14(8)7-6-13(2)3/h4-7,10H2,1-3H3. The van der Waals surface area contributed by atoms with E-state index in [2.05, 4.69) is 15.2 Å². The van der Waals surface area contributed by atoms with E-state index in [9.17, 15) is 0 Å². The molecule has 5 heteroatoms. The topological polar surface area (TPSA) is 60.0 Å². The van der Waals surface area contributed by atoms with Gasteiger partial charge in [-0.15, -0.1) is 5.10 Å². The van der Waals surface area contributed by atoms with Crippen LogP contribution in [0.15, 0.2) is 0 Å². The summed E-state index contributed by atoms with van der Waals surface area (Å²) in [6, 6.07) is 0. The molecule has 2 N–H and O–H groups in total. The summed E-state index contributed by atoms with van der Waals surface area (Å²) >= 11 is 0. The van der Waals surface area contributed by atoms with Gasteiger partial charge in [0.2, 0.25) is 0 Å². The van der Waals surface area contributed by atoms with Gasteiger partial charge in [0.25, 0.3) is 0 Å². The number of nitrogens with two attached hydrogens (primary N) is 1. The first-order valence-corrected chi connectivity index (χ1v) is 4.89. The van der Waals surface area contributed by atoms with Crippen LogP contribution in [0.5, 0.6) is 0 Å². The SMILES string of the molecule is Cc1c(CCN)nnn1CCN(C)C. The van der Waals surface area contributed by atoms with Gasteiger partial charge in [0.1, 0.15) is 0 Å². The van der Waals surface area contributed by atoms with Crippen LogP contribution in [0.3, 0.4) is 0 Å². The Kier molecular flexibility index (Phi) is 4.03. The zero-order valence-corrected chi connectivity index (χ0v) is 9.19. The zero-order chi connectivity index (χ0) is 10.6. The Morgan fingerprint density at radius 1 is 1.43 bits per heavy atom. The van der Waals surface area contributed by atoms with Crippen molar-refractivity contribution in [2.24, 2.45) is 5.73 Å². The Hall–Kier alpha value is -0.940. The van der Waals surface area contributed by atoms with E-state index < -0.39 is 0 Å². The van der Waals surface area contributed by atoms with Crippen molar-refractivity contribution in [3.63, 3.8) is 0 Å². The van der Waals surface area contributed by atoms with Crippen LogP contribution < -0.4 is 5.73 Å². The van der Waals surface area contributed by atoms with E-state index in [0.717, 1.165) is 30.9 Å². The molecule has 1 rings (SSSR count). The summed E-state index contributed by atoms with van der Waals surface area (Å²) in [7, 11) is 4.10. The minimum Gasteiger partial charge on any atom is -0.330 e. The van der Waals surface area contributed by atoms with Gasteiger partial charge in [-0.2, -0.15) is 0 Å². The lowest BCUT2D eigenvalue weighted by Crippen LogP contribution is -2.19. The van der Waals surface area contributed by atoms with Crippen LogP contribution in [0.2, 0.25) is 0 Å². The van der Waals surface area contributed by atoms with Gasteiger partial charge in [-0.25, -0.2) is 4.68 Å². The predicted octanol–water partition coefficient (Wildman–Crippen LogP) is -0.351. The molecule has 80 valence electrons. The molecular formula is C9H19N5. The number of likely N-dealkylation sites (N-methyl/N-ethyl adjacent to an activating group) is 1. The summed E-state index contributed by atoms with van der Waals surface area (Å²) in [5.74, 6) is 0. The fourth-order valence-electron chi connectivity index (χ4n) is 1.27. The molecule has 0 aliphatic heterocycles. The lowest BCUT2D eigenvalue weighted by atomic mass is 10.2. The minimum atomic E-state index is 0.632. The molecule has 1 aromatic heterocycles. The molecule has 0 spiro atoms. The predicted molar refractivity (Wildman–Crippen MR) is 56.1 cm³/mol. The maximum Gasteiger partial charge on any atom is 0.0868 e. The van der Waals surface area contributed by atoms with Gasteiger partial charge in [-0.05, 0) is 27.6 Å². The molecule has 0 radical (unpaired) electrons. The van der Waals surface area contributed by atoms with E-state index >= 15 is 0 Å². The Morgan fingerprint density at radius 3 is 2.71 bits per heavy atom. The van der Waals surface area contributed by atoms with Gasteiger partial charge < -0.3 is 10.6 Å². The third-order valence-electron chi connectivity index (χ3n) is 2.22. The molecule has 5 nitrogen and oxygen atoms in total. The average molecular weight is 197 g/mol. The van der Waals surface area contributed by atoms with Gasteiger partial charge in [0.05, 0.1) is 17.9 Å². The van der Waals surface area contributed by atoms with Crippen molar-refractivity contribution in [1.82, 2.24) is 19.9 Å². The summed E-state index contributed by atoms with van der Waals surface area (Å²) < 4.78 is 1.94. The summed E-state index contributed by atoms with van der Waals surface area (Å²) in [4.78, 5) is 2.13. The molecule has 0 bridgehead atoms. The van der Waals surface area contributed by atoms with Crippen LogP contribution in [0.4, 0.5) is 0 Å². The molecule has 0 aliphatic rings. The Balaban J connectivity index is 2.60. The first kappa shape index (κ1) is 11.1. The smallest absolute Gasteiger partial charge is 0.0868 e. The van der Waals surface area contributed by atoms with Crippen molar-refractivity contribution in [2.75, 3.05) is 27.2 Å².